The molecule has 0 spiro atoms. The van der Waals surface area contributed by atoms with Gasteiger partial charge in [0.25, 0.3) is 5.91 Å². The van der Waals surface area contributed by atoms with Crippen molar-refractivity contribution in [2.75, 3.05) is 19.7 Å². The van der Waals surface area contributed by atoms with E-state index in [1.54, 1.807) is 11.1 Å². The van der Waals surface area contributed by atoms with Crippen LogP contribution in [0.1, 0.15) is 32.9 Å². The number of carbonyl (C=O) groups is 1. The van der Waals surface area contributed by atoms with E-state index in [2.05, 4.69) is 11.9 Å². The van der Waals surface area contributed by atoms with Gasteiger partial charge in [0.2, 0.25) is 0 Å². The lowest BCUT2D eigenvalue weighted by molar-refractivity contribution is -0.132. The van der Waals surface area contributed by atoms with Crippen LogP contribution in [0.3, 0.4) is 0 Å². The number of likely N-dealkylation sites (N-methyl/N-ethyl adjacent to an activating group) is 1. The third-order valence-electron chi connectivity index (χ3n) is 3.27. The summed E-state index contributed by atoms with van der Waals surface area (Å²) in [5, 5.41) is 0. The minimum atomic E-state index is -0.00733. The quantitative estimate of drug-likeness (QED) is 0.785. The molecule has 0 aliphatic heterocycles. The smallest absolute Gasteiger partial charge is 0.260 e. The van der Waals surface area contributed by atoms with Gasteiger partial charge in [0, 0.05) is 31.2 Å². The molecule has 0 fully saturated rings. The number of amides is 1. The summed E-state index contributed by atoms with van der Waals surface area (Å²) in [6.45, 7) is 7.41. The first-order valence-corrected chi connectivity index (χ1v) is 7.21. The summed E-state index contributed by atoms with van der Waals surface area (Å²) in [5.74, 6) is 0.603. The second-order valence-electron chi connectivity index (χ2n) is 4.71. The predicted molar refractivity (Wildman–Crippen MR) is 79.6 cm³/mol. The summed E-state index contributed by atoms with van der Waals surface area (Å²) >= 11 is 0. The van der Waals surface area contributed by atoms with Crippen molar-refractivity contribution in [1.29, 1.82) is 0 Å². The van der Waals surface area contributed by atoms with Crippen molar-refractivity contribution in [3.63, 3.8) is 0 Å². The monoisotopic (exact) mass is 279 g/mol. The van der Waals surface area contributed by atoms with E-state index >= 15 is 0 Å². The zero-order valence-corrected chi connectivity index (χ0v) is 12.6. The SMILES string of the molecule is CCC(N)Cc1ccc(OCC(=O)N(CC)CC)cn1. The molecule has 20 heavy (non-hydrogen) atoms. The molecule has 1 unspecified atom stereocenters. The van der Waals surface area contributed by atoms with Gasteiger partial charge in [0.05, 0.1) is 6.20 Å². The largest absolute Gasteiger partial charge is 0.482 e. The Bertz CT molecular complexity index is 402. The van der Waals surface area contributed by atoms with Crippen LogP contribution >= 0.6 is 0 Å². The van der Waals surface area contributed by atoms with Crippen molar-refractivity contribution >= 4 is 5.91 Å². The average molecular weight is 279 g/mol. The molecule has 0 aliphatic carbocycles. The number of nitrogens with two attached hydrogens (primary N) is 1. The van der Waals surface area contributed by atoms with Crippen molar-refractivity contribution in [3.05, 3.63) is 24.0 Å². The van der Waals surface area contributed by atoms with E-state index < -0.39 is 0 Å². The van der Waals surface area contributed by atoms with Crippen LogP contribution in [-0.4, -0.2) is 41.5 Å². The van der Waals surface area contributed by atoms with Crippen molar-refractivity contribution in [2.45, 2.75) is 39.7 Å². The molecule has 0 radical (unpaired) electrons. The van der Waals surface area contributed by atoms with Crippen molar-refractivity contribution in [3.8, 4) is 5.75 Å². The number of nitrogens with zero attached hydrogens (tertiary/aromatic N) is 2. The third-order valence-corrected chi connectivity index (χ3v) is 3.27. The van der Waals surface area contributed by atoms with E-state index in [4.69, 9.17) is 10.5 Å². The number of carbonyl (C=O) groups excluding carboxylic acids is 1. The second-order valence-corrected chi connectivity index (χ2v) is 4.71. The van der Waals surface area contributed by atoms with Crippen LogP contribution in [0, 0.1) is 0 Å². The normalized spacial score (nSPS) is 12.0. The topological polar surface area (TPSA) is 68.5 Å². The molecular weight excluding hydrogens is 254 g/mol. The molecule has 0 aromatic carbocycles. The lowest BCUT2D eigenvalue weighted by Gasteiger charge is -2.18. The Morgan fingerprint density at radius 3 is 2.55 bits per heavy atom. The van der Waals surface area contributed by atoms with Gasteiger partial charge in [-0.05, 0) is 32.4 Å². The summed E-state index contributed by atoms with van der Waals surface area (Å²) < 4.78 is 5.45. The van der Waals surface area contributed by atoms with Gasteiger partial charge in [-0.2, -0.15) is 0 Å². The van der Waals surface area contributed by atoms with Crippen LogP contribution in [0.4, 0.5) is 0 Å². The number of hydrogen-bond donors (Lipinski definition) is 1. The fourth-order valence-electron chi connectivity index (χ4n) is 1.84. The summed E-state index contributed by atoms with van der Waals surface area (Å²) in [6.07, 6.45) is 3.33. The van der Waals surface area contributed by atoms with Crippen LogP contribution in [0.25, 0.3) is 0 Å². The molecule has 0 bridgehead atoms. The fraction of sp³-hybridized carbons (Fsp3) is 0.600. The number of pyridine rings is 1. The van der Waals surface area contributed by atoms with E-state index in [1.165, 1.54) is 0 Å². The molecule has 0 aliphatic rings. The molecule has 1 aromatic rings. The minimum Gasteiger partial charge on any atom is -0.482 e. The Morgan fingerprint density at radius 1 is 1.35 bits per heavy atom. The van der Waals surface area contributed by atoms with Gasteiger partial charge in [0.1, 0.15) is 5.75 Å². The fourth-order valence-corrected chi connectivity index (χ4v) is 1.84. The number of ether oxygens (including phenoxy) is 1. The number of rotatable bonds is 8. The van der Waals surface area contributed by atoms with Crippen LogP contribution in [0.5, 0.6) is 5.75 Å². The summed E-state index contributed by atoms with van der Waals surface area (Å²) in [5.41, 5.74) is 6.83. The highest BCUT2D eigenvalue weighted by atomic mass is 16.5. The molecule has 1 aromatic heterocycles. The molecule has 5 nitrogen and oxygen atoms in total. The highest BCUT2D eigenvalue weighted by Gasteiger charge is 2.10. The summed E-state index contributed by atoms with van der Waals surface area (Å²) in [7, 11) is 0. The molecule has 1 heterocycles. The molecule has 0 saturated carbocycles. The maximum absolute atomic E-state index is 11.8. The maximum Gasteiger partial charge on any atom is 0.260 e. The zero-order chi connectivity index (χ0) is 15.0. The first-order valence-electron chi connectivity index (χ1n) is 7.21. The number of aromatic nitrogens is 1. The van der Waals surface area contributed by atoms with E-state index in [0.717, 1.165) is 18.5 Å². The zero-order valence-electron chi connectivity index (χ0n) is 12.6. The lowest BCUT2D eigenvalue weighted by atomic mass is 10.1. The van der Waals surface area contributed by atoms with Gasteiger partial charge in [0.15, 0.2) is 6.61 Å². The Morgan fingerprint density at radius 2 is 2.05 bits per heavy atom. The van der Waals surface area contributed by atoms with Gasteiger partial charge in [-0.3, -0.25) is 9.78 Å². The highest BCUT2D eigenvalue weighted by Crippen LogP contribution is 2.11. The van der Waals surface area contributed by atoms with Gasteiger partial charge in [-0.25, -0.2) is 0 Å². The van der Waals surface area contributed by atoms with Crippen molar-refractivity contribution < 1.29 is 9.53 Å². The predicted octanol–water partition coefficient (Wildman–Crippen LogP) is 1.61. The first-order chi connectivity index (χ1) is 9.60. The highest BCUT2D eigenvalue weighted by molar-refractivity contribution is 5.77. The summed E-state index contributed by atoms with van der Waals surface area (Å²) in [4.78, 5) is 17.8. The molecule has 1 rings (SSSR count). The Balaban J connectivity index is 2.47. The van der Waals surface area contributed by atoms with Gasteiger partial charge in [-0.1, -0.05) is 6.92 Å². The first kappa shape index (κ1) is 16.4. The van der Waals surface area contributed by atoms with E-state index in [0.29, 0.717) is 18.8 Å². The molecule has 1 amide bonds. The van der Waals surface area contributed by atoms with Crippen molar-refractivity contribution in [2.24, 2.45) is 5.73 Å². The van der Waals surface area contributed by atoms with Crippen LogP contribution < -0.4 is 10.5 Å². The molecule has 112 valence electrons. The third kappa shape index (κ3) is 5.17. The van der Waals surface area contributed by atoms with Crippen LogP contribution in [0.2, 0.25) is 0 Å². The van der Waals surface area contributed by atoms with Gasteiger partial charge < -0.3 is 15.4 Å². The second kappa shape index (κ2) is 8.53. The molecule has 2 N–H and O–H groups in total. The standard InChI is InChI=1S/C15H25N3O2/c1-4-12(16)9-13-7-8-14(10-17-13)20-11-15(19)18(5-2)6-3/h7-8,10,12H,4-6,9,11,16H2,1-3H3. The molecule has 1 atom stereocenters. The lowest BCUT2D eigenvalue weighted by Crippen LogP contribution is -2.34. The average Bonchev–Trinajstić information content (AvgIpc) is 2.47. The Hall–Kier alpha value is -1.62. The van der Waals surface area contributed by atoms with Crippen LogP contribution in [-0.2, 0) is 11.2 Å². The van der Waals surface area contributed by atoms with Gasteiger partial charge in [-0.15, -0.1) is 0 Å². The number of hydrogen-bond acceptors (Lipinski definition) is 4. The minimum absolute atomic E-state index is 0.00733. The van der Waals surface area contributed by atoms with Crippen LogP contribution in [0.15, 0.2) is 18.3 Å². The van der Waals surface area contributed by atoms with E-state index in [1.807, 2.05) is 26.0 Å². The Labute approximate surface area is 121 Å². The Kier molecular flexibility index (Phi) is 7.01. The molecule has 5 heteroatoms. The molecular formula is C15H25N3O2. The van der Waals surface area contributed by atoms with Gasteiger partial charge >= 0.3 is 0 Å². The summed E-state index contributed by atoms with van der Waals surface area (Å²) in [6, 6.07) is 3.87. The molecule has 0 saturated heterocycles. The maximum atomic E-state index is 11.8. The van der Waals surface area contributed by atoms with E-state index in [-0.39, 0.29) is 18.6 Å². The van der Waals surface area contributed by atoms with E-state index in [9.17, 15) is 4.79 Å². The van der Waals surface area contributed by atoms with Crippen molar-refractivity contribution in [1.82, 2.24) is 9.88 Å².